The number of fused-ring (bicyclic) bond motifs is 1. The van der Waals surface area contributed by atoms with E-state index in [9.17, 15) is 4.79 Å². The summed E-state index contributed by atoms with van der Waals surface area (Å²) in [5.41, 5.74) is 9.77. The third-order valence-electron chi connectivity index (χ3n) is 7.12. The topological polar surface area (TPSA) is 75.8 Å². The number of benzene rings is 2. The van der Waals surface area contributed by atoms with Gasteiger partial charge < -0.3 is 30.2 Å². The maximum absolute atomic E-state index is 12.4. The van der Waals surface area contributed by atoms with Gasteiger partial charge in [0.05, 0.1) is 5.52 Å². The van der Waals surface area contributed by atoms with Crippen LogP contribution in [-0.2, 0) is 4.74 Å². The van der Waals surface area contributed by atoms with E-state index in [1.165, 1.54) is 16.5 Å². The number of carbonyl (C=O) groups is 1. The number of likely N-dealkylation sites (tertiary alicyclic amines) is 1. The number of ether oxygens (including phenoxy) is 1. The van der Waals surface area contributed by atoms with Crippen LogP contribution in [-0.4, -0.2) is 45.7 Å². The number of piperidine rings is 1. The molecular weight excluding hydrogens is 450 g/mol. The van der Waals surface area contributed by atoms with Crippen LogP contribution in [0.1, 0.15) is 51.8 Å². The fourth-order valence-electron chi connectivity index (χ4n) is 5.22. The molecule has 2 aliphatic heterocycles. The minimum Gasteiger partial charge on any atom is -0.444 e. The SMILES string of the molecule is CC(C)(C)OC(=O)N1CCC(CCN2C=CNC2c2cn(-c3ccc(N)cc3)c3ccccc23)CC1. The fraction of sp³-hybridized carbons (Fsp3) is 0.414. The van der Waals surface area contributed by atoms with Gasteiger partial charge in [0.15, 0.2) is 0 Å². The number of rotatable bonds is 5. The first-order valence-electron chi connectivity index (χ1n) is 12.9. The highest BCUT2D eigenvalue weighted by Gasteiger charge is 2.29. The van der Waals surface area contributed by atoms with Crippen molar-refractivity contribution in [2.24, 2.45) is 5.92 Å². The Bertz CT molecular complexity index is 1230. The lowest BCUT2D eigenvalue weighted by atomic mass is 9.93. The first-order valence-corrected chi connectivity index (χ1v) is 12.9. The quantitative estimate of drug-likeness (QED) is 0.457. The average molecular weight is 488 g/mol. The molecule has 7 heteroatoms. The van der Waals surface area contributed by atoms with Gasteiger partial charge >= 0.3 is 6.09 Å². The molecule has 0 radical (unpaired) electrons. The molecule has 7 nitrogen and oxygen atoms in total. The predicted octanol–water partition coefficient (Wildman–Crippen LogP) is 5.62. The van der Waals surface area contributed by atoms with E-state index in [1.807, 2.05) is 44.0 Å². The number of carbonyl (C=O) groups excluding carboxylic acids is 1. The number of nitrogens with two attached hydrogens (primary N) is 1. The number of hydrogen-bond acceptors (Lipinski definition) is 5. The molecule has 5 rings (SSSR count). The van der Waals surface area contributed by atoms with Crippen LogP contribution in [0.2, 0.25) is 0 Å². The summed E-state index contributed by atoms with van der Waals surface area (Å²) in [4.78, 5) is 16.6. The lowest BCUT2D eigenvalue weighted by Crippen LogP contribution is -2.42. The Morgan fingerprint density at radius 2 is 1.81 bits per heavy atom. The number of para-hydroxylation sites is 1. The van der Waals surface area contributed by atoms with E-state index < -0.39 is 5.60 Å². The second-order valence-electron chi connectivity index (χ2n) is 10.9. The van der Waals surface area contributed by atoms with Gasteiger partial charge in [-0.2, -0.15) is 0 Å². The number of amides is 1. The Balaban J connectivity index is 1.25. The van der Waals surface area contributed by atoms with E-state index in [2.05, 4.69) is 63.6 Å². The second kappa shape index (κ2) is 9.80. The van der Waals surface area contributed by atoms with Crippen LogP contribution in [0.5, 0.6) is 0 Å². The maximum atomic E-state index is 12.4. The molecule has 1 unspecified atom stereocenters. The van der Waals surface area contributed by atoms with Crippen LogP contribution in [0, 0.1) is 5.92 Å². The zero-order chi connectivity index (χ0) is 25.3. The minimum absolute atomic E-state index is 0.0896. The number of anilines is 1. The number of nitrogens with one attached hydrogen (secondary N) is 1. The molecule has 0 aliphatic carbocycles. The molecule has 36 heavy (non-hydrogen) atoms. The third-order valence-corrected chi connectivity index (χ3v) is 7.12. The van der Waals surface area contributed by atoms with Gasteiger partial charge in [0, 0.05) is 60.6 Å². The monoisotopic (exact) mass is 487 g/mol. The van der Waals surface area contributed by atoms with Crippen molar-refractivity contribution in [3.63, 3.8) is 0 Å². The molecule has 0 saturated carbocycles. The first-order chi connectivity index (χ1) is 17.3. The highest BCUT2D eigenvalue weighted by atomic mass is 16.6. The normalized spacial score (nSPS) is 18.6. The Labute approximate surface area is 213 Å². The summed E-state index contributed by atoms with van der Waals surface area (Å²) in [5.74, 6) is 0.606. The van der Waals surface area contributed by atoms with Gasteiger partial charge in [-0.3, -0.25) is 0 Å². The molecule has 0 spiro atoms. The van der Waals surface area contributed by atoms with Gasteiger partial charge in [-0.05, 0) is 76.3 Å². The lowest BCUT2D eigenvalue weighted by Gasteiger charge is -2.34. The summed E-state index contributed by atoms with van der Waals surface area (Å²) in [6, 6.07) is 16.6. The zero-order valence-corrected chi connectivity index (χ0v) is 21.5. The van der Waals surface area contributed by atoms with E-state index in [-0.39, 0.29) is 12.3 Å². The van der Waals surface area contributed by atoms with Gasteiger partial charge in [-0.15, -0.1) is 0 Å². The molecule has 2 aromatic carbocycles. The van der Waals surface area contributed by atoms with E-state index in [0.29, 0.717) is 5.92 Å². The molecule has 1 amide bonds. The summed E-state index contributed by atoms with van der Waals surface area (Å²) in [5, 5.41) is 4.80. The summed E-state index contributed by atoms with van der Waals surface area (Å²) in [7, 11) is 0. The van der Waals surface area contributed by atoms with Crippen molar-refractivity contribution < 1.29 is 9.53 Å². The molecule has 1 saturated heterocycles. The highest BCUT2D eigenvalue weighted by Crippen LogP contribution is 2.34. The van der Waals surface area contributed by atoms with Gasteiger partial charge in [-0.25, -0.2) is 4.79 Å². The van der Waals surface area contributed by atoms with Crippen molar-refractivity contribution >= 4 is 22.7 Å². The molecule has 1 fully saturated rings. The average Bonchev–Trinajstić information content (AvgIpc) is 3.47. The van der Waals surface area contributed by atoms with E-state index in [4.69, 9.17) is 10.5 Å². The minimum atomic E-state index is -0.449. The Morgan fingerprint density at radius 1 is 1.08 bits per heavy atom. The Kier molecular flexibility index (Phi) is 6.56. The standard InChI is InChI=1S/C29H37N5O2/c1-29(2,3)36-28(35)33-17-13-21(14-18-33)12-16-32-19-15-31-27(32)25-20-34(23-10-8-22(30)9-11-23)26-7-5-4-6-24(25)26/h4-11,15,19-21,27,31H,12-14,16-18,30H2,1-3H3. The van der Waals surface area contributed by atoms with Crippen LogP contribution in [0.25, 0.3) is 16.6 Å². The molecule has 3 N–H and O–H groups in total. The second-order valence-corrected chi connectivity index (χ2v) is 10.9. The van der Waals surface area contributed by atoms with Crippen molar-refractivity contribution in [2.75, 3.05) is 25.4 Å². The van der Waals surface area contributed by atoms with E-state index >= 15 is 0 Å². The van der Waals surface area contributed by atoms with E-state index in [0.717, 1.165) is 50.3 Å². The molecule has 190 valence electrons. The van der Waals surface area contributed by atoms with Crippen molar-refractivity contribution in [3.05, 3.63) is 72.7 Å². The van der Waals surface area contributed by atoms with Crippen LogP contribution >= 0.6 is 0 Å². The largest absolute Gasteiger partial charge is 0.444 e. The number of aromatic nitrogens is 1. The summed E-state index contributed by atoms with van der Waals surface area (Å²) >= 11 is 0. The Hall–Kier alpha value is -3.61. The van der Waals surface area contributed by atoms with Crippen molar-refractivity contribution in [2.45, 2.75) is 51.8 Å². The van der Waals surface area contributed by atoms with Crippen molar-refractivity contribution in [1.29, 1.82) is 0 Å². The predicted molar refractivity (Wildman–Crippen MR) is 145 cm³/mol. The van der Waals surface area contributed by atoms with Gasteiger partial charge in [0.2, 0.25) is 0 Å². The van der Waals surface area contributed by atoms with Gasteiger partial charge in [-0.1, -0.05) is 18.2 Å². The van der Waals surface area contributed by atoms with Gasteiger partial charge in [0.25, 0.3) is 0 Å². The highest BCUT2D eigenvalue weighted by molar-refractivity contribution is 5.86. The molecule has 1 atom stereocenters. The molecule has 0 bridgehead atoms. The lowest BCUT2D eigenvalue weighted by molar-refractivity contribution is 0.0178. The zero-order valence-electron chi connectivity index (χ0n) is 21.5. The number of nitrogens with zero attached hydrogens (tertiary/aromatic N) is 3. The molecule has 2 aliphatic rings. The third kappa shape index (κ3) is 5.15. The van der Waals surface area contributed by atoms with E-state index in [1.54, 1.807) is 0 Å². The number of nitrogen functional groups attached to an aromatic ring is 1. The summed E-state index contributed by atoms with van der Waals surface area (Å²) in [6.45, 7) is 8.25. The molecular formula is C29H37N5O2. The summed E-state index contributed by atoms with van der Waals surface area (Å²) in [6.07, 6.45) is 9.49. The van der Waals surface area contributed by atoms with Crippen LogP contribution < -0.4 is 11.1 Å². The van der Waals surface area contributed by atoms with Crippen molar-refractivity contribution in [3.8, 4) is 5.69 Å². The summed E-state index contributed by atoms with van der Waals surface area (Å²) < 4.78 is 7.79. The van der Waals surface area contributed by atoms with Crippen molar-refractivity contribution in [1.82, 2.24) is 19.7 Å². The first kappa shape index (κ1) is 24.1. The number of hydrogen-bond donors (Lipinski definition) is 2. The van der Waals surface area contributed by atoms with Crippen LogP contribution in [0.3, 0.4) is 0 Å². The molecule has 1 aromatic heterocycles. The van der Waals surface area contributed by atoms with Crippen LogP contribution in [0.15, 0.2) is 67.1 Å². The molecule has 3 heterocycles. The maximum Gasteiger partial charge on any atom is 0.410 e. The smallest absolute Gasteiger partial charge is 0.410 e. The van der Waals surface area contributed by atoms with Gasteiger partial charge in [0.1, 0.15) is 11.8 Å². The molecule has 3 aromatic rings. The fourth-order valence-corrected chi connectivity index (χ4v) is 5.22. The van der Waals surface area contributed by atoms with Crippen LogP contribution in [0.4, 0.5) is 10.5 Å². The Morgan fingerprint density at radius 3 is 2.53 bits per heavy atom.